The Bertz CT molecular complexity index is 549. The molecular formula is C16H18OS. The highest BCUT2D eigenvalue weighted by atomic mass is 32.1. The number of carbonyl (C=O) groups is 1. The van der Waals surface area contributed by atoms with Gasteiger partial charge >= 0.3 is 0 Å². The van der Waals surface area contributed by atoms with E-state index in [1.165, 1.54) is 34.9 Å². The quantitative estimate of drug-likeness (QED) is 0.786. The number of hydrogen-bond acceptors (Lipinski definition) is 2. The van der Waals surface area contributed by atoms with Crippen molar-refractivity contribution in [3.63, 3.8) is 0 Å². The number of thiophene rings is 1. The predicted octanol–water partition coefficient (Wildman–Crippen LogP) is 4.59. The first kappa shape index (κ1) is 11.9. The zero-order chi connectivity index (χ0) is 12.4. The Kier molecular flexibility index (Phi) is 3.46. The van der Waals surface area contributed by atoms with E-state index in [4.69, 9.17) is 0 Å². The van der Waals surface area contributed by atoms with Gasteiger partial charge in [-0.2, -0.15) is 0 Å². The fourth-order valence-electron chi connectivity index (χ4n) is 2.93. The SMILES string of the molecule is O=C(Cc1csc2ccccc12)C1CCCCC1. The van der Waals surface area contributed by atoms with Crippen LogP contribution in [0.15, 0.2) is 29.6 Å². The molecule has 1 fully saturated rings. The maximum atomic E-state index is 12.3. The highest BCUT2D eigenvalue weighted by Crippen LogP contribution is 2.29. The topological polar surface area (TPSA) is 17.1 Å². The molecule has 0 spiro atoms. The van der Waals surface area contributed by atoms with Crippen LogP contribution in [0.25, 0.3) is 10.1 Å². The lowest BCUT2D eigenvalue weighted by molar-refractivity contribution is -0.123. The van der Waals surface area contributed by atoms with E-state index < -0.39 is 0 Å². The molecule has 18 heavy (non-hydrogen) atoms. The number of carbonyl (C=O) groups excluding carboxylic acids is 1. The molecule has 0 bridgehead atoms. The summed E-state index contributed by atoms with van der Waals surface area (Å²) in [6.45, 7) is 0. The average Bonchev–Trinajstić information content (AvgIpc) is 2.83. The molecule has 2 heteroatoms. The number of ketones is 1. The summed E-state index contributed by atoms with van der Waals surface area (Å²) in [7, 11) is 0. The predicted molar refractivity (Wildman–Crippen MR) is 77.1 cm³/mol. The Labute approximate surface area is 112 Å². The van der Waals surface area contributed by atoms with Crippen molar-refractivity contribution in [2.24, 2.45) is 5.92 Å². The van der Waals surface area contributed by atoms with Gasteiger partial charge in [0.05, 0.1) is 0 Å². The maximum Gasteiger partial charge on any atom is 0.140 e. The number of benzene rings is 1. The standard InChI is InChI=1S/C16H18OS/c17-15(12-6-2-1-3-7-12)10-13-11-18-16-9-5-4-8-14(13)16/h4-5,8-9,11-12H,1-3,6-7,10H2. The van der Waals surface area contributed by atoms with Crippen LogP contribution in [0.1, 0.15) is 37.7 Å². The van der Waals surface area contributed by atoms with Gasteiger partial charge in [-0.25, -0.2) is 0 Å². The van der Waals surface area contributed by atoms with Crippen LogP contribution in [0.5, 0.6) is 0 Å². The second-order valence-electron chi connectivity index (χ2n) is 5.24. The van der Waals surface area contributed by atoms with Crippen molar-refractivity contribution in [2.45, 2.75) is 38.5 Å². The van der Waals surface area contributed by atoms with Crippen LogP contribution in [0.4, 0.5) is 0 Å². The van der Waals surface area contributed by atoms with Crippen LogP contribution < -0.4 is 0 Å². The molecule has 1 saturated carbocycles. The molecule has 3 rings (SSSR count). The van der Waals surface area contributed by atoms with E-state index in [0.717, 1.165) is 12.8 Å². The fraction of sp³-hybridized carbons (Fsp3) is 0.438. The molecule has 94 valence electrons. The van der Waals surface area contributed by atoms with Crippen molar-refractivity contribution in [1.29, 1.82) is 0 Å². The summed E-state index contributed by atoms with van der Waals surface area (Å²) in [5.41, 5.74) is 1.23. The summed E-state index contributed by atoms with van der Waals surface area (Å²) in [4.78, 5) is 12.3. The van der Waals surface area contributed by atoms with Crippen molar-refractivity contribution < 1.29 is 4.79 Å². The van der Waals surface area contributed by atoms with Crippen molar-refractivity contribution in [3.05, 3.63) is 35.2 Å². The number of fused-ring (bicyclic) bond motifs is 1. The molecule has 0 atom stereocenters. The van der Waals surface area contributed by atoms with Crippen LogP contribution >= 0.6 is 11.3 Å². The Hall–Kier alpha value is -1.15. The van der Waals surface area contributed by atoms with Crippen molar-refractivity contribution in [1.82, 2.24) is 0 Å². The lowest BCUT2D eigenvalue weighted by Crippen LogP contribution is -2.19. The Morgan fingerprint density at radius 2 is 1.94 bits per heavy atom. The van der Waals surface area contributed by atoms with Gasteiger partial charge in [0, 0.05) is 17.0 Å². The normalized spacial score (nSPS) is 17.1. The molecule has 1 aliphatic rings. The minimum atomic E-state index is 0.331. The second-order valence-corrected chi connectivity index (χ2v) is 6.15. The number of Topliss-reactive ketones (excluding diaryl/α,β-unsaturated/α-hetero) is 1. The molecule has 1 nitrogen and oxygen atoms in total. The van der Waals surface area contributed by atoms with Crippen molar-refractivity contribution in [2.75, 3.05) is 0 Å². The molecule has 1 aromatic carbocycles. The van der Waals surface area contributed by atoms with E-state index in [9.17, 15) is 4.79 Å². The minimum Gasteiger partial charge on any atom is -0.299 e. The average molecular weight is 258 g/mol. The van der Waals surface area contributed by atoms with Gasteiger partial charge in [0.1, 0.15) is 5.78 Å². The van der Waals surface area contributed by atoms with E-state index in [2.05, 4.69) is 29.6 Å². The van der Waals surface area contributed by atoms with E-state index in [-0.39, 0.29) is 0 Å². The van der Waals surface area contributed by atoms with Gasteiger partial charge < -0.3 is 0 Å². The highest BCUT2D eigenvalue weighted by molar-refractivity contribution is 7.17. The first-order chi connectivity index (χ1) is 8.84. The third-order valence-corrected chi connectivity index (χ3v) is 5.00. The molecule has 0 aliphatic heterocycles. The van der Waals surface area contributed by atoms with Gasteiger partial charge in [0.15, 0.2) is 0 Å². The minimum absolute atomic E-state index is 0.331. The molecule has 1 aliphatic carbocycles. The largest absolute Gasteiger partial charge is 0.299 e. The van der Waals surface area contributed by atoms with Crippen molar-refractivity contribution in [3.8, 4) is 0 Å². The Balaban J connectivity index is 1.77. The Morgan fingerprint density at radius 1 is 1.17 bits per heavy atom. The first-order valence-electron chi connectivity index (χ1n) is 6.82. The fourth-order valence-corrected chi connectivity index (χ4v) is 3.89. The van der Waals surface area contributed by atoms with Gasteiger partial charge in [-0.05, 0) is 35.2 Å². The van der Waals surface area contributed by atoms with Crippen LogP contribution in [0, 0.1) is 5.92 Å². The highest BCUT2D eigenvalue weighted by Gasteiger charge is 2.21. The molecule has 0 amide bonds. The maximum absolute atomic E-state index is 12.3. The first-order valence-corrected chi connectivity index (χ1v) is 7.70. The van der Waals surface area contributed by atoms with Gasteiger partial charge in [0.25, 0.3) is 0 Å². The molecule has 2 aromatic rings. The molecule has 1 aromatic heterocycles. The van der Waals surface area contributed by atoms with Gasteiger partial charge in [-0.15, -0.1) is 11.3 Å². The van der Waals surface area contributed by atoms with Crippen LogP contribution in [-0.4, -0.2) is 5.78 Å². The molecular weight excluding hydrogens is 240 g/mol. The van der Waals surface area contributed by atoms with E-state index in [1.54, 1.807) is 11.3 Å². The summed E-state index contributed by atoms with van der Waals surface area (Å²) in [6, 6.07) is 8.39. The van der Waals surface area contributed by atoms with Gasteiger partial charge in [0.2, 0.25) is 0 Å². The number of rotatable bonds is 3. The zero-order valence-corrected chi connectivity index (χ0v) is 11.3. The monoisotopic (exact) mass is 258 g/mol. The summed E-state index contributed by atoms with van der Waals surface area (Å²) < 4.78 is 1.30. The second kappa shape index (κ2) is 5.23. The van der Waals surface area contributed by atoms with Crippen LogP contribution in [0.2, 0.25) is 0 Å². The van der Waals surface area contributed by atoms with Crippen LogP contribution in [-0.2, 0) is 11.2 Å². The molecule has 0 N–H and O–H groups in total. The summed E-state index contributed by atoms with van der Waals surface area (Å²) in [5, 5.41) is 3.43. The Morgan fingerprint density at radius 3 is 2.78 bits per heavy atom. The van der Waals surface area contributed by atoms with Crippen molar-refractivity contribution >= 4 is 27.2 Å². The summed E-state index contributed by atoms with van der Waals surface area (Å²) >= 11 is 1.75. The number of hydrogen-bond donors (Lipinski definition) is 0. The smallest absolute Gasteiger partial charge is 0.140 e. The summed E-state index contributed by atoms with van der Waals surface area (Å²) in [6.07, 6.45) is 6.64. The lowest BCUT2D eigenvalue weighted by Gasteiger charge is -2.20. The lowest BCUT2D eigenvalue weighted by atomic mass is 9.84. The molecule has 0 saturated heterocycles. The van der Waals surface area contributed by atoms with E-state index in [1.807, 2.05) is 0 Å². The van der Waals surface area contributed by atoms with Crippen LogP contribution in [0.3, 0.4) is 0 Å². The molecule has 0 unspecified atom stereocenters. The van der Waals surface area contributed by atoms with E-state index >= 15 is 0 Å². The third-order valence-electron chi connectivity index (χ3n) is 3.99. The third kappa shape index (κ3) is 2.35. The molecule has 0 radical (unpaired) electrons. The zero-order valence-electron chi connectivity index (χ0n) is 10.5. The van der Waals surface area contributed by atoms with Gasteiger partial charge in [-0.1, -0.05) is 37.5 Å². The summed E-state index contributed by atoms with van der Waals surface area (Å²) in [5.74, 6) is 0.788. The van der Waals surface area contributed by atoms with Gasteiger partial charge in [-0.3, -0.25) is 4.79 Å². The van der Waals surface area contributed by atoms with E-state index in [0.29, 0.717) is 18.1 Å². The molecule has 1 heterocycles.